The Morgan fingerprint density at radius 3 is 1.48 bits per heavy atom. The molecule has 0 bridgehead atoms. The molecule has 0 spiro atoms. The molecule has 0 aliphatic heterocycles. The Hall–Kier alpha value is -7.02. The third-order valence-electron chi connectivity index (χ3n) is 14.6. The summed E-state index contributed by atoms with van der Waals surface area (Å²) in [5.74, 6) is 0. The van der Waals surface area contributed by atoms with Crippen molar-refractivity contribution < 1.29 is 0 Å². The van der Waals surface area contributed by atoms with Crippen LogP contribution in [0.15, 0.2) is 182 Å². The lowest BCUT2D eigenvalue weighted by Gasteiger charge is -2.25. The Bertz CT molecular complexity index is 3650. The minimum atomic E-state index is -0.159. The van der Waals surface area contributed by atoms with Crippen LogP contribution in [-0.4, -0.2) is 0 Å². The first-order chi connectivity index (χ1) is 29.3. The summed E-state index contributed by atoms with van der Waals surface area (Å²) in [7, 11) is 0. The third-order valence-corrected chi connectivity index (χ3v) is 14.6. The first-order valence-corrected chi connectivity index (χ1v) is 21.4. The normalized spacial score (nSPS) is 14.6. The van der Waals surface area contributed by atoms with Gasteiger partial charge in [-0.1, -0.05) is 198 Å². The number of hydrogen-bond acceptors (Lipinski definition) is 0. The predicted octanol–water partition coefficient (Wildman–Crippen LogP) is 16.6. The molecule has 0 heterocycles. The van der Waals surface area contributed by atoms with Crippen molar-refractivity contribution in [1.29, 1.82) is 0 Å². The fourth-order valence-electron chi connectivity index (χ4n) is 11.9. The Balaban J connectivity index is 1.11. The summed E-state index contributed by atoms with van der Waals surface area (Å²) in [4.78, 5) is 0. The predicted molar refractivity (Wildman–Crippen MR) is 257 cm³/mol. The summed E-state index contributed by atoms with van der Waals surface area (Å²) in [5.41, 5.74) is 16.1. The number of hydrogen-bond donors (Lipinski definition) is 0. The van der Waals surface area contributed by atoms with Crippen molar-refractivity contribution in [2.24, 2.45) is 0 Å². The molecule has 2 aliphatic carbocycles. The second-order valence-corrected chi connectivity index (χ2v) is 18.3. The van der Waals surface area contributed by atoms with Crippen LogP contribution < -0.4 is 0 Å². The van der Waals surface area contributed by atoms with Crippen molar-refractivity contribution in [2.75, 3.05) is 0 Å². The Morgan fingerprint density at radius 2 is 0.800 bits per heavy atom. The summed E-state index contributed by atoms with van der Waals surface area (Å²) >= 11 is 0. The molecule has 0 atom stereocenters. The highest BCUT2D eigenvalue weighted by Gasteiger charge is 2.40. The molecule has 0 saturated heterocycles. The van der Waals surface area contributed by atoms with E-state index in [9.17, 15) is 0 Å². The van der Waals surface area contributed by atoms with E-state index >= 15 is 0 Å². The molecule has 13 rings (SSSR count). The van der Waals surface area contributed by atoms with Crippen molar-refractivity contribution in [3.05, 3.63) is 204 Å². The Kier molecular flexibility index (Phi) is 6.67. The molecule has 0 aromatic heterocycles. The fourth-order valence-corrected chi connectivity index (χ4v) is 11.9. The van der Waals surface area contributed by atoms with E-state index < -0.39 is 0 Å². The van der Waals surface area contributed by atoms with Gasteiger partial charge in [0.1, 0.15) is 0 Å². The monoisotopic (exact) mass is 762 g/mol. The zero-order valence-corrected chi connectivity index (χ0v) is 34.3. The van der Waals surface area contributed by atoms with Crippen molar-refractivity contribution in [1.82, 2.24) is 0 Å². The second-order valence-electron chi connectivity index (χ2n) is 18.3. The maximum absolute atomic E-state index is 2.54. The van der Waals surface area contributed by atoms with Crippen molar-refractivity contribution in [3.8, 4) is 44.5 Å². The van der Waals surface area contributed by atoms with Gasteiger partial charge in [0.15, 0.2) is 0 Å². The van der Waals surface area contributed by atoms with E-state index in [2.05, 4.69) is 210 Å². The molecule has 0 saturated carbocycles. The molecule has 282 valence electrons. The van der Waals surface area contributed by atoms with E-state index in [0.717, 1.165) is 0 Å². The van der Waals surface area contributed by atoms with Crippen LogP contribution in [0.1, 0.15) is 49.9 Å². The van der Waals surface area contributed by atoms with Crippen LogP contribution in [0.5, 0.6) is 0 Å². The molecule has 0 radical (unpaired) electrons. The molecule has 11 aromatic rings. The van der Waals surface area contributed by atoms with Crippen LogP contribution in [0, 0.1) is 0 Å². The fraction of sp³-hybridized carbons (Fsp3) is 0.100. The van der Waals surface area contributed by atoms with E-state index in [-0.39, 0.29) is 10.8 Å². The average Bonchev–Trinajstić information content (AvgIpc) is 3.68. The van der Waals surface area contributed by atoms with E-state index in [1.807, 2.05) is 0 Å². The first-order valence-electron chi connectivity index (χ1n) is 21.4. The molecule has 0 heteroatoms. The van der Waals surface area contributed by atoms with Gasteiger partial charge in [-0.3, -0.25) is 0 Å². The van der Waals surface area contributed by atoms with Gasteiger partial charge in [-0.05, 0) is 144 Å². The molecule has 2 aliphatic rings. The quantitative estimate of drug-likeness (QED) is 0.122. The summed E-state index contributed by atoms with van der Waals surface area (Å²) in [6, 6.07) is 69.1. The minimum absolute atomic E-state index is 0.118. The second kappa shape index (κ2) is 11.8. The van der Waals surface area contributed by atoms with Gasteiger partial charge < -0.3 is 0 Å². The van der Waals surface area contributed by atoms with Crippen LogP contribution in [0.2, 0.25) is 0 Å². The van der Waals surface area contributed by atoms with Gasteiger partial charge in [-0.25, -0.2) is 0 Å². The highest BCUT2D eigenvalue weighted by molar-refractivity contribution is 6.26. The van der Waals surface area contributed by atoms with Gasteiger partial charge in [0, 0.05) is 10.8 Å². The molecule has 11 aromatic carbocycles. The first kappa shape index (κ1) is 33.9. The smallest absolute Gasteiger partial charge is 0.0165 e. The lowest BCUT2D eigenvalue weighted by Crippen LogP contribution is -2.15. The van der Waals surface area contributed by atoms with E-state index in [1.165, 1.54) is 131 Å². The lowest BCUT2D eigenvalue weighted by molar-refractivity contribution is 0.661. The Labute approximate surface area is 350 Å². The number of fused-ring (bicyclic) bond motifs is 17. The summed E-state index contributed by atoms with van der Waals surface area (Å²) in [5, 5.41) is 15.7. The molecule has 0 amide bonds. The minimum Gasteiger partial charge on any atom is -0.0619 e. The average molecular weight is 763 g/mol. The molecular formula is C60H42. The molecule has 0 nitrogen and oxygen atoms in total. The molecular weight excluding hydrogens is 721 g/mol. The zero-order chi connectivity index (χ0) is 40.1. The van der Waals surface area contributed by atoms with Gasteiger partial charge in [0.05, 0.1) is 0 Å². The van der Waals surface area contributed by atoms with Crippen LogP contribution in [-0.2, 0) is 10.8 Å². The number of benzene rings is 11. The third kappa shape index (κ3) is 4.26. The SMILES string of the molecule is CC1(C)c2ccccc2-c2c1cc(-c1c3ccccc3c(-c3ccc4c5c(c6ccccc6c4c3)-c3c(ccc4ccccc34)C5(C)C)c3ccccc13)c1ccccc21. The van der Waals surface area contributed by atoms with Gasteiger partial charge >= 0.3 is 0 Å². The summed E-state index contributed by atoms with van der Waals surface area (Å²) in [6.45, 7) is 9.65. The standard InChI is InChI=1S/C60H42/c1-59(2)50-28-16-15-27-47(50)55-40-21-9-8-20-39(40)49(34-52(55)59)54-44-25-13-11-23-42(44)53(43-24-12-14-26-45(43)54)36-29-31-46-48(33-36)38-19-7-10-22-41(38)57-56-37-18-6-5-17-35(37)30-32-51(56)60(3,4)58(46)57/h5-34H,1-4H3. The molecule has 0 unspecified atom stereocenters. The van der Waals surface area contributed by atoms with Crippen LogP contribution in [0.25, 0.3) is 109 Å². The summed E-state index contributed by atoms with van der Waals surface area (Å²) < 4.78 is 0. The molecule has 0 fully saturated rings. The van der Waals surface area contributed by atoms with Crippen LogP contribution >= 0.6 is 0 Å². The lowest BCUT2D eigenvalue weighted by atomic mass is 9.78. The van der Waals surface area contributed by atoms with E-state index in [1.54, 1.807) is 0 Å². The highest BCUT2D eigenvalue weighted by Crippen LogP contribution is 2.58. The van der Waals surface area contributed by atoms with Crippen molar-refractivity contribution in [2.45, 2.75) is 38.5 Å². The summed E-state index contributed by atoms with van der Waals surface area (Å²) in [6.07, 6.45) is 0. The largest absolute Gasteiger partial charge is 0.0619 e. The van der Waals surface area contributed by atoms with Gasteiger partial charge in [0.2, 0.25) is 0 Å². The van der Waals surface area contributed by atoms with E-state index in [4.69, 9.17) is 0 Å². The van der Waals surface area contributed by atoms with Crippen molar-refractivity contribution in [3.63, 3.8) is 0 Å². The van der Waals surface area contributed by atoms with Gasteiger partial charge in [-0.15, -0.1) is 0 Å². The maximum Gasteiger partial charge on any atom is 0.0165 e. The molecule has 60 heavy (non-hydrogen) atoms. The highest BCUT2D eigenvalue weighted by atomic mass is 14.4. The topological polar surface area (TPSA) is 0 Å². The van der Waals surface area contributed by atoms with E-state index in [0.29, 0.717) is 0 Å². The van der Waals surface area contributed by atoms with Crippen LogP contribution in [0.4, 0.5) is 0 Å². The van der Waals surface area contributed by atoms with Crippen LogP contribution in [0.3, 0.4) is 0 Å². The van der Waals surface area contributed by atoms with Crippen molar-refractivity contribution >= 4 is 64.6 Å². The Morgan fingerprint density at radius 1 is 0.267 bits per heavy atom. The number of rotatable bonds is 2. The van der Waals surface area contributed by atoms with Gasteiger partial charge in [0.25, 0.3) is 0 Å². The maximum atomic E-state index is 2.54. The molecule has 0 N–H and O–H groups in total. The van der Waals surface area contributed by atoms with Gasteiger partial charge in [-0.2, -0.15) is 0 Å². The zero-order valence-electron chi connectivity index (χ0n) is 34.3.